The molecule has 1 amide bonds. The molecule has 1 heterocycles. The second kappa shape index (κ2) is 17.2. The molecule has 1 rings (SSSR count). The minimum absolute atomic E-state index is 0.101. The van der Waals surface area contributed by atoms with Crippen LogP contribution in [0.5, 0.6) is 0 Å². The number of allylic oxidation sites excluding steroid dienone is 2. The Hall–Kier alpha value is -2.16. The summed E-state index contributed by atoms with van der Waals surface area (Å²) >= 11 is 0. The summed E-state index contributed by atoms with van der Waals surface area (Å²) in [4.78, 5) is 67.5. The van der Waals surface area contributed by atoms with Crippen LogP contribution in [0.25, 0.3) is 0 Å². The fourth-order valence-electron chi connectivity index (χ4n) is 3.86. The van der Waals surface area contributed by atoms with Crippen LogP contribution < -0.4 is 5.32 Å². The van der Waals surface area contributed by atoms with Gasteiger partial charge < -0.3 is 34.1 Å². The Bertz CT molecular complexity index is 1080. The lowest BCUT2D eigenvalue weighted by Crippen LogP contribution is -2.66. The molecular weight excluding hydrogens is 604 g/mol. The van der Waals surface area contributed by atoms with Crippen LogP contribution >= 0.6 is 15.6 Å². The van der Waals surface area contributed by atoms with Gasteiger partial charge in [0.05, 0.1) is 6.61 Å². The van der Waals surface area contributed by atoms with Gasteiger partial charge in [0.15, 0.2) is 18.5 Å². The summed E-state index contributed by atoms with van der Waals surface area (Å²) in [5.41, 5.74) is 1.16. The smallest absolute Gasteiger partial charge is 0.463 e. The molecule has 1 saturated heterocycles. The number of phosphoric acid groups is 2. The van der Waals surface area contributed by atoms with Crippen LogP contribution in [0.15, 0.2) is 11.6 Å². The van der Waals surface area contributed by atoms with E-state index in [0.29, 0.717) is 6.42 Å². The molecule has 3 N–H and O–H groups in total. The Morgan fingerprint density at radius 2 is 1.50 bits per heavy atom. The van der Waals surface area contributed by atoms with Crippen LogP contribution in [0.2, 0.25) is 0 Å². The average molecular weight is 646 g/mol. The highest BCUT2D eigenvalue weighted by Crippen LogP contribution is 2.61. The van der Waals surface area contributed by atoms with E-state index in [0.717, 1.165) is 46.1 Å². The van der Waals surface area contributed by atoms with E-state index in [1.165, 1.54) is 0 Å². The molecule has 16 nitrogen and oxygen atoms in total. The molecule has 0 aliphatic carbocycles. The van der Waals surface area contributed by atoms with Crippen molar-refractivity contribution >= 4 is 39.5 Å². The first kappa shape index (κ1) is 37.9. The number of rotatable bonds is 16. The summed E-state index contributed by atoms with van der Waals surface area (Å²) in [6, 6.07) is -1.62. The van der Waals surface area contributed by atoms with Crippen LogP contribution in [0.1, 0.15) is 67.7 Å². The third-order valence-corrected chi connectivity index (χ3v) is 8.23. The predicted molar refractivity (Wildman–Crippen MR) is 144 cm³/mol. The van der Waals surface area contributed by atoms with Gasteiger partial charge in [0.2, 0.25) is 5.91 Å². The molecule has 0 spiro atoms. The Balaban J connectivity index is 3.14. The molecule has 0 aromatic carbocycles. The van der Waals surface area contributed by atoms with Crippen molar-refractivity contribution in [2.24, 2.45) is 5.92 Å². The number of nitrogens with one attached hydrogen (secondary N) is 1. The largest absolute Gasteiger partial charge is 0.483 e. The minimum atomic E-state index is -5.51. The van der Waals surface area contributed by atoms with Crippen molar-refractivity contribution in [1.29, 1.82) is 0 Å². The number of esters is 3. The van der Waals surface area contributed by atoms with Gasteiger partial charge in [-0.05, 0) is 39.0 Å². The van der Waals surface area contributed by atoms with Gasteiger partial charge in [0, 0.05) is 27.7 Å². The summed E-state index contributed by atoms with van der Waals surface area (Å²) in [6.45, 7) is 9.11. The van der Waals surface area contributed by atoms with Gasteiger partial charge in [-0.1, -0.05) is 18.6 Å². The summed E-state index contributed by atoms with van der Waals surface area (Å²) in [5.74, 6) is -3.20. The lowest BCUT2D eigenvalue weighted by molar-refractivity contribution is -0.259. The Kier molecular flexibility index (Phi) is 15.5. The number of carbonyl (C=O) groups excluding carboxylic acids is 4. The van der Waals surface area contributed by atoms with E-state index in [-0.39, 0.29) is 12.5 Å². The normalized spacial score (nSPS) is 25.6. The number of hydrogen-bond donors (Lipinski definition) is 3. The summed E-state index contributed by atoms with van der Waals surface area (Å²) in [6.07, 6.45) is -2.58. The molecule has 0 bridgehead atoms. The fraction of sp³-hybridized carbons (Fsp3) is 0.750. The van der Waals surface area contributed by atoms with Crippen molar-refractivity contribution in [1.82, 2.24) is 5.32 Å². The van der Waals surface area contributed by atoms with E-state index in [1.54, 1.807) is 0 Å². The van der Waals surface area contributed by atoms with Gasteiger partial charge in [-0.25, -0.2) is 9.13 Å². The van der Waals surface area contributed by atoms with Crippen LogP contribution in [0.3, 0.4) is 0 Å². The minimum Gasteiger partial charge on any atom is -0.463 e. The van der Waals surface area contributed by atoms with Crippen molar-refractivity contribution in [3.8, 4) is 0 Å². The zero-order chi connectivity index (χ0) is 32.3. The Labute approximate surface area is 244 Å². The molecule has 1 fully saturated rings. The van der Waals surface area contributed by atoms with E-state index in [2.05, 4.69) is 15.7 Å². The fourth-order valence-corrected chi connectivity index (χ4v) is 6.02. The zero-order valence-electron chi connectivity index (χ0n) is 24.7. The first-order chi connectivity index (χ1) is 19.3. The highest BCUT2D eigenvalue weighted by molar-refractivity contribution is 7.61. The predicted octanol–water partition coefficient (Wildman–Crippen LogP) is 2.67. The average Bonchev–Trinajstić information content (AvgIpc) is 2.79. The first-order valence-corrected chi connectivity index (χ1v) is 16.0. The summed E-state index contributed by atoms with van der Waals surface area (Å²) in [5, 5.41) is 2.31. The van der Waals surface area contributed by atoms with Crippen molar-refractivity contribution < 1.29 is 70.4 Å². The third kappa shape index (κ3) is 14.8. The SMILES string of the molecule is CC(=O)N[C@H]1[C@@H](OP(=O)(O)OP(=O)(O)OCCC(C)CCC=C(C)C)O[C@H](COC(C)=O)[C@H](OC(C)=O)[C@@H]1OC(C)=O. The lowest BCUT2D eigenvalue weighted by atomic mass is 9.96. The molecule has 0 saturated carbocycles. The molecule has 42 heavy (non-hydrogen) atoms. The molecule has 1 aliphatic heterocycles. The third-order valence-electron chi connectivity index (χ3n) is 5.59. The van der Waals surface area contributed by atoms with Gasteiger partial charge in [-0.15, -0.1) is 0 Å². The van der Waals surface area contributed by atoms with Crippen molar-refractivity contribution in [2.75, 3.05) is 13.2 Å². The van der Waals surface area contributed by atoms with Crippen LogP contribution in [0.4, 0.5) is 0 Å². The van der Waals surface area contributed by atoms with Gasteiger partial charge in [-0.2, -0.15) is 4.31 Å². The van der Waals surface area contributed by atoms with E-state index in [1.807, 2.05) is 20.8 Å². The molecule has 0 aromatic rings. The molecule has 8 atom stereocenters. The maximum atomic E-state index is 12.8. The van der Waals surface area contributed by atoms with E-state index >= 15 is 0 Å². The zero-order valence-corrected chi connectivity index (χ0v) is 26.5. The first-order valence-electron chi connectivity index (χ1n) is 13.1. The Morgan fingerprint density at radius 1 is 0.905 bits per heavy atom. The van der Waals surface area contributed by atoms with Crippen LogP contribution in [0, 0.1) is 5.92 Å². The second-order valence-electron chi connectivity index (χ2n) is 9.93. The highest BCUT2D eigenvalue weighted by Gasteiger charge is 2.53. The van der Waals surface area contributed by atoms with Gasteiger partial charge in [0.25, 0.3) is 0 Å². The molecular formula is C24H41NO15P2. The molecule has 0 aromatic heterocycles. The van der Waals surface area contributed by atoms with Gasteiger partial charge in [-0.3, -0.25) is 28.2 Å². The molecule has 242 valence electrons. The van der Waals surface area contributed by atoms with Crippen molar-refractivity contribution in [3.05, 3.63) is 11.6 Å². The van der Waals surface area contributed by atoms with Gasteiger partial charge in [0.1, 0.15) is 18.8 Å². The molecule has 18 heteroatoms. The number of hydrogen-bond acceptors (Lipinski definition) is 13. The van der Waals surface area contributed by atoms with Crippen LogP contribution in [-0.4, -0.2) is 77.5 Å². The second-order valence-corrected chi connectivity index (χ2v) is 12.9. The number of carbonyl (C=O) groups is 4. The van der Waals surface area contributed by atoms with E-state index in [9.17, 15) is 38.1 Å². The Morgan fingerprint density at radius 3 is 2.02 bits per heavy atom. The van der Waals surface area contributed by atoms with Crippen LogP contribution in [-0.2, 0) is 60.6 Å². The lowest BCUT2D eigenvalue weighted by Gasteiger charge is -2.44. The summed E-state index contributed by atoms with van der Waals surface area (Å²) < 4.78 is 60.4. The topological polar surface area (TPSA) is 220 Å². The quantitative estimate of drug-likeness (QED) is 0.0951. The molecule has 1 aliphatic rings. The molecule has 0 radical (unpaired) electrons. The monoisotopic (exact) mass is 645 g/mol. The highest BCUT2D eigenvalue weighted by atomic mass is 31.3. The number of phosphoric ester groups is 2. The number of ether oxygens (including phenoxy) is 4. The van der Waals surface area contributed by atoms with E-state index < -0.39 is 76.7 Å². The maximum Gasteiger partial charge on any atom is 0.483 e. The van der Waals surface area contributed by atoms with E-state index in [4.69, 9.17) is 28.0 Å². The summed E-state index contributed by atoms with van der Waals surface area (Å²) in [7, 11) is -10.7. The molecule has 3 unspecified atom stereocenters. The standard InChI is InChI=1S/C24H41NO15P2/c1-14(2)9-8-10-15(3)11-12-35-41(30,31)40-42(32,33)39-24-21(25-16(4)26)23(37-19(7)29)22(36-18(6)28)20(38-24)13-34-17(5)27/h9,15,20-24H,8,10-13H2,1-7H3,(H,25,26)(H,30,31)(H,32,33)/t15?,20-,21-,22+,23-,24-/m1/s1. The number of amides is 1. The van der Waals surface area contributed by atoms with Crippen molar-refractivity contribution in [2.45, 2.75) is 98.4 Å². The van der Waals surface area contributed by atoms with Gasteiger partial charge >= 0.3 is 33.6 Å². The maximum absolute atomic E-state index is 12.8. The van der Waals surface area contributed by atoms with Crippen molar-refractivity contribution in [3.63, 3.8) is 0 Å².